The van der Waals surface area contributed by atoms with Gasteiger partial charge < -0.3 is 23.1 Å². The molecule has 0 amide bonds. The third-order valence-electron chi connectivity index (χ3n) is 4.11. The highest BCUT2D eigenvalue weighted by molar-refractivity contribution is 6.84. The lowest BCUT2D eigenvalue weighted by Gasteiger charge is -2.34. The quantitative estimate of drug-likeness (QED) is 0.144. The molecule has 0 unspecified atom stereocenters. The number of hydrogen-bond donors (Lipinski definition) is 0. The first-order valence-electron chi connectivity index (χ1n) is 10.4. The van der Waals surface area contributed by atoms with Crippen LogP contribution in [0.2, 0.25) is 38.3 Å². The minimum Gasteiger partial charge on any atom is -0.460 e. The van der Waals surface area contributed by atoms with Crippen LogP contribution in [-0.2, 0) is 32.7 Å². The highest BCUT2D eigenvalue weighted by Crippen LogP contribution is 2.24. The van der Waals surface area contributed by atoms with Gasteiger partial charge in [-0.2, -0.15) is 0 Å². The standard InChI is InChI=1S/C20H40O7Si2/c1-7-8-17-28(3,4)27-29(5,6)18-9-12-24-14-16-26-20(22)11-10-19(21)25-15-13-23-2/h10-11H,7-9,12-18H2,1-6H3/b11-10+. The van der Waals surface area contributed by atoms with E-state index in [9.17, 15) is 9.59 Å². The summed E-state index contributed by atoms with van der Waals surface area (Å²) in [4.78, 5) is 22.8. The van der Waals surface area contributed by atoms with Crippen molar-refractivity contribution in [3.8, 4) is 0 Å². The lowest BCUT2D eigenvalue weighted by molar-refractivity contribution is -0.141. The first-order valence-corrected chi connectivity index (χ1v) is 16.6. The molecule has 0 N–H and O–H groups in total. The van der Waals surface area contributed by atoms with Crippen LogP contribution in [0.15, 0.2) is 12.2 Å². The van der Waals surface area contributed by atoms with Gasteiger partial charge in [-0.05, 0) is 44.7 Å². The third-order valence-corrected chi connectivity index (χ3v) is 11.6. The number of methoxy groups -OCH3 is 1. The van der Waals surface area contributed by atoms with Gasteiger partial charge in [0, 0.05) is 25.9 Å². The molecule has 0 radical (unpaired) electrons. The molecule has 0 rings (SSSR count). The molecule has 170 valence electrons. The summed E-state index contributed by atoms with van der Waals surface area (Å²) in [5, 5.41) is 0. The van der Waals surface area contributed by atoms with Crippen LogP contribution in [0.3, 0.4) is 0 Å². The summed E-state index contributed by atoms with van der Waals surface area (Å²) in [6.07, 6.45) is 5.49. The van der Waals surface area contributed by atoms with Crippen LogP contribution >= 0.6 is 0 Å². The molecular weight excluding hydrogens is 408 g/mol. The first kappa shape index (κ1) is 28.0. The summed E-state index contributed by atoms with van der Waals surface area (Å²) in [7, 11) is -1.72. The van der Waals surface area contributed by atoms with Crippen molar-refractivity contribution in [1.82, 2.24) is 0 Å². The molecule has 0 bridgehead atoms. The largest absolute Gasteiger partial charge is 0.460 e. The Bertz CT molecular complexity index is 493. The van der Waals surface area contributed by atoms with Gasteiger partial charge in [-0.15, -0.1) is 0 Å². The zero-order valence-corrected chi connectivity index (χ0v) is 21.1. The van der Waals surface area contributed by atoms with Gasteiger partial charge in [-0.1, -0.05) is 19.8 Å². The summed E-state index contributed by atoms with van der Waals surface area (Å²) >= 11 is 0. The average molecular weight is 449 g/mol. The SMILES string of the molecule is CCCC[Si](C)(C)O[Si](C)(C)CCCOCCOC(=O)/C=C/C(=O)OCCOC. The van der Waals surface area contributed by atoms with Gasteiger partial charge in [0.15, 0.2) is 16.6 Å². The van der Waals surface area contributed by atoms with Gasteiger partial charge in [0.2, 0.25) is 0 Å². The predicted molar refractivity (Wildman–Crippen MR) is 119 cm³/mol. The van der Waals surface area contributed by atoms with Crippen molar-refractivity contribution in [2.45, 2.75) is 64.5 Å². The fourth-order valence-corrected chi connectivity index (χ4v) is 11.8. The Morgan fingerprint density at radius 2 is 1.28 bits per heavy atom. The molecule has 7 nitrogen and oxygen atoms in total. The van der Waals surface area contributed by atoms with E-state index in [2.05, 4.69) is 33.1 Å². The zero-order chi connectivity index (χ0) is 22.2. The molecule has 0 spiro atoms. The Kier molecular flexibility index (Phi) is 15.2. The van der Waals surface area contributed by atoms with Gasteiger partial charge in [0.05, 0.1) is 13.2 Å². The first-order chi connectivity index (χ1) is 13.6. The minimum atomic E-state index is -1.67. The van der Waals surface area contributed by atoms with Crippen LogP contribution in [0.1, 0.15) is 26.2 Å². The van der Waals surface area contributed by atoms with Crippen molar-refractivity contribution < 1.29 is 32.7 Å². The second-order valence-electron chi connectivity index (χ2n) is 8.10. The van der Waals surface area contributed by atoms with Crippen molar-refractivity contribution in [1.29, 1.82) is 0 Å². The van der Waals surface area contributed by atoms with Crippen molar-refractivity contribution >= 4 is 28.6 Å². The number of esters is 2. The van der Waals surface area contributed by atoms with Gasteiger partial charge in [-0.25, -0.2) is 9.59 Å². The molecule has 0 aromatic carbocycles. The maximum absolute atomic E-state index is 11.5. The molecule has 0 fully saturated rings. The van der Waals surface area contributed by atoms with Crippen LogP contribution in [0, 0.1) is 0 Å². The molecule has 0 aromatic heterocycles. The second-order valence-corrected chi connectivity index (χ2v) is 17.0. The van der Waals surface area contributed by atoms with Gasteiger partial charge in [-0.3, -0.25) is 0 Å². The molecule has 0 saturated heterocycles. The molecule has 0 aromatic rings. The van der Waals surface area contributed by atoms with Crippen molar-refractivity contribution in [3.63, 3.8) is 0 Å². The van der Waals surface area contributed by atoms with Crippen LogP contribution in [0.25, 0.3) is 0 Å². The Morgan fingerprint density at radius 1 is 0.759 bits per heavy atom. The third kappa shape index (κ3) is 17.6. The normalized spacial score (nSPS) is 12.3. The predicted octanol–water partition coefficient (Wildman–Crippen LogP) is 3.91. The van der Waals surface area contributed by atoms with Crippen LogP contribution in [0.4, 0.5) is 0 Å². The molecule has 0 heterocycles. The van der Waals surface area contributed by atoms with Gasteiger partial charge in [0.1, 0.15) is 13.2 Å². The van der Waals surface area contributed by atoms with E-state index in [4.69, 9.17) is 23.1 Å². The molecular formula is C20H40O7Si2. The van der Waals surface area contributed by atoms with Gasteiger partial charge in [0.25, 0.3) is 0 Å². The molecule has 0 aliphatic carbocycles. The smallest absolute Gasteiger partial charge is 0.331 e. The molecule has 0 atom stereocenters. The highest BCUT2D eigenvalue weighted by Gasteiger charge is 2.31. The summed E-state index contributed by atoms with van der Waals surface area (Å²) in [5.74, 6) is -1.20. The maximum Gasteiger partial charge on any atom is 0.331 e. The van der Waals surface area contributed by atoms with E-state index in [1.165, 1.54) is 26.0 Å². The second kappa shape index (κ2) is 15.8. The Hall–Kier alpha value is -1.01. The Labute approximate surface area is 178 Å². The fourth-order valence-electron chi connectivity index (χ4n) is 2.81. The lowest BCUT2D eigenvalue weighted by Crippen LogP contribution is -2.44. The summed E-state index contributed by atoms with van der Waals surface area (Å²) in [6, 6.07) is 2.28. The van der Waals surface area contributed by atoms with E-state index in [1.54, 1.807) is 0 Å². The Morgan fingerprint density at radius 3 is 1.79 bits per heavy atom. The van der Waals surface area contributed by atoms with E-state index in [-0.39, 0.29) is 13.2 Å². The molecule has 0 aliphatic heterocycles. The number of unbranched alkanes of at least 4 members (excludes halogenated alkanes) is 1. The summed E-state index contributed by atoms with van der Waals surface area (Å²) in [6.45, 7) is 13.0. The van der Waals surface area contributed by atoms with E-state index < -0.39 is 28.6 Å². The average Bonchev–Trinajstić information content (AvgIpc) is 2.63. The highest BCUT2D eigenvalue weighted by atomic mass is 28.4. The number of rotatable bonds is 17. The fraction of sp³-hybridized carbons (Fsp3) is 0.800. The van der Waals surface area contributed by atoms with E-state index >= 15 is 0 Å². The van der Waals surface area contributed by atoms with E-state index in [1.807, 2.05) is 0 Å². The van der Waals surface area contributed by atoms with Gasteiger partial charge >= 0.3 is 11.9 Å². The minimum absolute atomic E-state index is 0.145. The lowest BCUT2D eigenvalue weighted by atomic mass is 10.4. The van der Waals surface area contributed by atoms with Crippen molar-refractivity contribution in [2.24, 2.45) is 0 Å². The number of carbonyl (C=O) groups is 2. The maximum atomic E-state index is 11.5. The number of carbonyl (C=O) groups excluding carboxylic acids is 2. The van der Waals surface area contributed by atoms with Crippen molar-refractivity contribution in [3.05, 3.63) is 12.2 Å². The molecule has 29 heavy (non-hydrogen) atoms. The van der Waals surface area contributed by atoms with Crippen LogP contribution in [-0.4, -0.2) is 68.7 Å². The van der Waals surface area contributed by atoms with E-state index in [0.717, 1.165) is 24.6 Å². The van der Waals surface area contributed by atoms with Crippen LogP contribution < -0.4 is 0 Å². The number of ether oxygens (including phenoxy) is 4. The summed E-state index contributed by atoms with van der Waals surface area (Å²) < 4.78 is 26.6. The topological polar surface area (TPSA) is 80.3 Å². The summed E-state index contributed by atoms with van der Waals surface area (Å²) in [5.41, 5.74) is 0. The number of hydrogen-bond acceptors (Lipinski definition) is 7. The monoisotopic (exact) mass is 448 g/mol. The van der Waals surface area contributed by atoms with Crippen molar-refractivity contribution in [2.75, 3.05) is 40.1 Å². The molecule has 0 aliphatic rings. The zero-order valence-electron chi connectivity index (χ0n) is 19.1. The van der Waals surface area contributed by atoms with E-state index in [0.29, 0.717) is 19.8 Å². The molecule has 0 saturated carbocycles. The molecule has 9 heteroatoms. The van der Waals surface area contributed by atoms with Crippen LogP contribution in [0.5, 0.6) is 0 Å². The Balaban J connectivity index is 3.83.